The zero-order valence-corrected chi connectivity index (χ0v) is 4.49. The molecule has 0 aromatic carbocycles. The molecule has 0 unspecified atom stereocenters. The summed E-state index contributed by atoms with van der Waals surface area (Å²) in [5.41, 5.74) is 0. The fourth-order valence-corrected chi connectivity index (χ4v) is 0. The van der Waals surface area contributed by atoms with E-state index in [4.69, 9.17) is 0 Å². The van der Waals surface area contributed by atoms with E-state index in [1.165, 1.54) is 35.3 Å². The van der Waals surface area contributed by atoms with Crippen molar-refractivity contribution in [3.05, 3.63) is 0 Å². The van der Waals surface area contributed by atoms with Crippen LogP contribution < -0.4 is 0 Å². The molecule has 0 N–H and O–H groups in total. The quantitative estimate of drug-likeness (QED) is 0.343. The molecular formula is C2H8Ca2Mg. The van der Waals surface area contributed by atoms with Crippen molar-refractivity contribution in [2.75, 3.05) is 0 Å². The van der Waals surface area contributed by atoms with E-state index in [2.05, 4.69) is 9.01 Å². The minimum absolute atomic E-state index is 0. The summed E-state index contributed by atoms with van der Waals surface area (Å²) in [5, 5.41) is 0. The van der Waals surface area contributed by atoms with Gasteiger partial charge >= 0.3 is 105 Å². The second-order valence-electron chi connectivity index (χ2n) is 0.408. The van der Waals surface area contributed by atoms with Crippen molar-refractivity contribution in [2.24, 2.45) is 0 Å². The molecule has 0 aliphatic rings. The Morgan fingerprint density at radius 1 is 1.60 bits per heavy atom. The number of rotatable bonds is 0. The van der Waals surface area contributed by atoms with Crippen LogP contribution in [0.1, 0.15) is 6.92 Å². The van der Waals surface area contributed by atoms with Crippen molar-refractivity contribution in [2.45, 2.75) is 6.92 Å². The summed E-state index contributed by atoms with van der Waals surface area (Å²) >= 11 is 1.32. The molecule has 0 bridgehead atoms. The van der Waals surface area contributed by atoms with Gasteiger partial charge in [-0.1, -0.05) is 0 Å². The Bertz CT molecular complexity index is 15.1. The van der Waals surface area contributed by atoms with Gasteiger partial charge in [0.15, 0.2) is 0 Å². The van der Waals surface area contributed by atoms with Crippen molar-refractivity contribution in [1.82, 2.24) is 0 Å². The van der Waals surface area contributed by atoms with Crippen molar-refractivity contribution >= 4 is 98.1 Å². The maximum absolute atomic E-state index is 2.12. The first-order chi connectivity index (χ1) is 1.41. The minimum Gasteiger partial charge on any atom is 0.316 e. The second-order valence-corrected chi connectivity index (χ2v) is 1.68. The first-order valence-electron chi connectivity index (χ1n) is 0.986. The third-order valence-corrected chi connectivity index (χ3v) is 0. The van der Waals surface area contributed by atoms with Gasteiger partial charge in [-0.25, -0.2) is 0 Å². The van der Waals surface area contributed by atoms with Crippen LogP contribution in [0.15, 0.2) is 0 Å². The smallest absolute Gasteiger partial charge is 0.316 e. The van der Waals surface area contributed by atoms with E-state index in [1.807, 2.05) is 0 Å². The Kier molecular flexibility index (Phi) is 49.3. The maximum Gasteiger partial charge on any atom is 0.316 e. The maximum atomic E-state index is 2.12. The van der Waals surface area contributed by atoms with E-state index < -0.39 is 0 Å². The molecule has 0 aliphatic heterocycles. The van der Waals surface area contributed by atoms with Gasteiger partial charge in [0.2, 0.25) is 0 Å². The van der Waals surface area contributed by atoms with Gasteiger partial charge in [-0.05, 0) is 0 Å². The molecule has 0 rings (SSSR count). The molecule has 5 heavy (non-hydrogen) atoms. The van der Waals surface area contributed by atoms with Crippen LogP contribution in [0.4, 0.5) is 0 Å². The summed E-state index contributed by atoms with van der Waals surface area (Å²) < 4.78 is 2.12. The SMILES string of the molecule is C[CH]=[Ca].[CaH2].[MgH2]. The molecule has 0 atom stereocenters. The van der Waals surface area contributed by atoms with Crippen LogP contribution in [0.3, 0.4) is 0 Å². The Balaban J connectivity index is -0.0000000200. The van der Waals surface area contributed by atoms with Crippen molar-refractivity contribution in [3.8, 4) is 0 Å². The van der Waals surface area contributed by atoms with Crippen LogP contribution in [0, 0.1) is 0 Å². The average molecular weight is 137 g/mol. The summed E-state index contributed by atoms with van der Waals surface area (Å²) in [6.45, 7) is 2.06. The average Bonchev–Trinajstić information content (AvgIpc) is 0.918. The number of hydrogen-bond donors (Lipinski definition) is 0. The predicted molar refractivity (Wildman–Crippen MR) is 34.6 cm³/mol. The van der Waals surface area contributed by atoms with Gasteiger partial charge < -0.3 is 0 Å². The van der Waals surface area contributed by atoms with Crippen molar-refractivity contribution in [1.29, 1.82) is 0 Å². The molecule has 0 aliphatic carbocycles. The fourth-order valence-electron chi connectivity index (χ4n) is 0. The molecule has 0 aromatic rings. The fraction of sp³-hybridized carbons (Fsp3) is 0.500. The van der Waals surface area contributed by atoms with Gasteiger partial charge in [-0.15, -0.1) is 0 Å². The summed E-state index contributed by atoms with van der Waals surface area (Å²) in [6, 6.07) is 0. The van der Waals surface area contributed by atoms with Crippen LogP contribution >= 0.6 is 0 Å². The molecule has 0 fully saturated rings. The normalized spacial score (nSPS) is 3.00. The van der Waals surface area contributed by atoms with Gasteiger partial charge in [0.05, 0.1) is 0 Å². The second kappa shape index (κ2) is 15.7. The van der Waals surface area contributed by atoms with E-state index in [9.17, 15) is 0 Å². The van der Waals surface area contributed by atoms with Gasteiger partial charge in [0, 0.05) is 0 Å². The summed E-state index contributed by atoms with van der Waals surface area (Å²) in [6.07, 6.45) is 0. The van der Waals surface area contributed by atoms with E-state index in [0.29, 0.717) is 0 Å². The number of hydrogen-bond acceptors (Lipinski definition) is 0. The minimum atomic E-state index is 0. The molecule has 0 spiro atoms. The van der Waals surface area contributed by atoms with Crippen LogP contribution in [-0.4, -0.2) is 98.1 Å². The molecule has 0 heterocycles. The van der Waals surface area contributed by atoms with Crippen molar-refractivity contribution in [3.63, 3.8) is 0 Å². The molecule has 22 valence electrons. The predicted octanol–water partition coefficient (Wildman–Crippen LogP) is -1.86. The monoisotopic (exact) mass is 136 g/mol. The van der Waals surface area contributed by atoms with Gasteiger partial charge in [0.25, 0.3) is 0 Å². The summed E-state index contributed by atoms with van der Waals surface area (Å²) in [5.74, 6) is 0. The van der Waals surface area contributed by atoms with E-state index >= 15 is 0 Å². The van der Waals surface area contributed by atoms with E-state index in [-0.39, 0.29) is 60.8 Å². The van der Waals surface area contributed by atoms with Gasteiger partial charge in [0.1, 0.15) is 0 Å². The molecule has 0 aromatic heterocycles. The topological polar surface area (TPSA) is 0 Å². The third-order valence-electron chi connectivity index (χ3n) is 0. The first kappa shape index (κ1) is 15.7. The summed E-state index contributed by atoms with van der Waals surface area (Å²) in [4.78, 5) is 0. The van der Waals surface area contributed by atoms with E-state index in [1.54, 1.807) is 0 Å². The van der Waals surface area contributed by atoms with E-state index in [0.717, 1.165) is 0 Å². The largest absolute Gasteiger partial charge is 0.316 e. The zero-order valence-electron chi connectivity index (χ0n) is 2.28. The molecule has 3 heteroatoms. The Labute approximate surface area is 102 Å². The Hall–Kier alpha value is 3.16. The summed E-state index contributed by atoms with van der Waals surface area (Å²) in [7, 11) is 0. The van der Waals surface area contributed by atoms with Gasteiger partial charge in [-0.3, -0.25) is 0 Å². The van der Waals surface area contributed by atoms with Crippen molar-refractivity contribution < 1.29 is 0 Å². The van der Waals surface area contributed by atoms with Crippen LogP contribution in [-0.2, 0) is 0 Å². The molecule has 0 amide bonds. The van der Waals surface area contributed by atoms with Crippen LogP contribution in [0.5, 0.6) is 0 Å². The van der Waals surface area contributed by atoms with Gasteiger partial charge in [-0.2, -0.15) is 0 Å². The molecule has 0 nitrogen and oxygen atoms in total. The zero-order chi connectivity index (χ0) is 2.71. The molecule has 0 saturated carbocycles. The van der Waals surface area contributed by atoms with Crippen LogP contribution in [0.2, 0.25) is 0 Å². The standard InChI is InChI=1S/C2H4.2Ca.Mg.4H/c1-2;;;;;;;/h1H,2H3;;;;;;;. The Morgan fingerprint density at radius 3 is 1.60 bits per heavy atom. The first-order valence-corrected chi connectivity index (χ1v) is 2.26. The molecule has 0 radical (unpaired) electrons. The van der Waals surface area contributed by atoms with Crippen LogP contribution in [0.25, 0.3) is 0 Å². The molecular weight excluding hydrogens is 128 g/mol. The third kappa shape index (κ3) is 19.1. The molecule has 0 saturated heterocycles. The Morgan fingerprint density at radius 2 is 1.60 bits per heavy atom.